The van der Waals surface area contributed by atoms with E-state index >= 15 is 0 Å². The van der Waals surface area contributed by atoms with Gasteiger partial charge in [-0.1, -0.05) is 84.9 Å². The Morgan fingerprint density at radius 2 is 1.07 bits per heavy atom. The van der Waals surface area contributed by atoms with Gasteiger partial charge in [-0.2, -0.15) is 0 Å². The van der Waals surface area contributed by atoms with Crippen LogP contribution in [0.25, 0.3) is 71.2 Å². The lowest BCUT2D eigenvalue weighted by atomic mass is 9.97. The molecule has 7 aromatic carbocycles. The van der Waals surface area contributed by atoms with Crippen LogP contribution in [0.3, 0.4) is 0 Å². The SMILES string of the molecule is c1ccc(N(c2ccccc2)c2cc3c4c5c(cccc5n3-c3ccccc3)-c3cccc5[nH]c6ccc2c4c6c35)cc1. The van der Waals surface area contributed by atoms with Gasteiger partial charge < -0.3 is 14.5 Å². The number of benzene rings is 7. The average molecular weight is 548 g/mol. The van der Waals surface area contributed by atoms with Gasteiger partial charge in [0.05, 0.1) is 16.7 Å². The van der Waals surface area contributed by atoms with Gasteiger partial charge in [-0.15, -0.1) is 0 Å². The van der Waals surface area contributed by atoms with Crippen LogP contribution in [0.2, 0.25) is 0 Å². The van der Waals surface area contributed by atoms with E-state index < -0.39 is 0 Å². The molecule has 0 bridgehead atoms. The van der Waals surface area contributed by atoms with Crippen molar-refractivity contribution in [1.82, 2.24) is 9.55 Å². The minimum Gasteiger partial charge on any atom is -0.354 e. The van der Waals surface area contributed by atoms with Gasteiger partial charge in [0.2, 0.25) is 0 Å². The third kappa shape index (κ3) is 2.98. The molecule has 0 radical (unpaired) electrons. The summed E-state index contributed by atoms with van der Waals surface area (Å²) in [4.78, 5) is 6.18. The molecule has 2 heterocycles. The molecule has 0 unspecified atom stereocenters. The van der Waals surface area contributed by atoms with Gasteiger partial charge >= 0.3 is 0 Å². The Balaban J connectivity index is 1.50. The van der Waals surface area contributed by atoms with E-state index in [0.29, 0.717) is 0 Å². The molecule has 1 aliphatic rings. The van der Waals surface area contributed by atoms with Gasteiger partial charge in [0, 0.05) is 60.4 Å². The number of hydrogen-bond donors (Lipinski definition) is 1. The fourth-order valence-corrected chi connectivity index (χ4v) is 7.54. The third-order valence-electron chi connectivity index (χ3n) is 9.19. The molecule has 3 nitrogen and oxygen atoms in total. The topological polar surface area (TPSA) is 24.0 Å². The Bertz CT molecular complexity index is 2500. The van der Waals surface area contributed by atoms with E-state index in [0.717, 1.165) is 22.7 Å². The molecular weight excluding hydrogens is 522 g/mol. The fraction of sp³-hybridized carbons (Fsp3) is 0. The van der Waals surface area contributed by atoms with Crippen molar-refractivity contribution in [2.45, 2.75) is 0 Å². The Kier molecular flexibility index (Phi) is 4.45. The van der Waals surface area contributed by atoms with Crippen LogP contribution in [0.4, 0.5) is 17.1 Å². The number of aromatic nitrogens is 2. The minimum atomic E-state index is 1.13. The number of fused-ring (bicyclic) bond motifs is 1. The zero-order chi connectivity index (χ0) is 28.1. The third-order valence-corrected chi connectivity index (χ3v) is 9.19. The quantitative estimate of drug-likeness (QED) is 0.233. The molecule has 3 heteroatoms. The summed E-state index contributed by atoms with van der Waals surface area (Å²) < 4.78 is 2.46. The van der Waals surface area contributed by atoms with Crippen molar-refractivity contribution in [3.8, 4) is 16.8 Å². The molecule has 0 fully saturated rings. The lowest BCUT2D eigenvalue weighted by Crippen LogP contribution is -2.10. The highest BCUT2D eigenvalue weighted by Gasteiger charge is 2.28. The van der Waals surface area contributed by atoms with Crippen molar-refractivity contribution in [1.29, 1.82) is 0 Å². The smallest absolute Gasteiger partial charge is 0.0568 e. The van der Waals surface area contributed by atoms with Gasteiger partial charge in [-0.3, -0.25) is 0 Å². The summed E-state index contributed by atoms with van der Waals surface area (Å²) in [7, 11) is 0. The van der Waals surface area contributed by atoms with Gasteiger partial charge in [-0.05, 0) is 71.8 Å². The number of aromatic amines is 1. The van der Waals surface area contributed by atoms with Crippen LogP contribution >= 0.6 is 0 Å². The molecular formula is C40H25N3. The highest BCUT2D eigenvalue weighted by molar-refractivity contribution is 6.39. The minimum absolute atomic E-state index is 1.13. The van der Waals surface area contributed by atoms with E-state index in [1.165, 1.54) is 65.5 Å². The van der Waals surface area contributed by atoms with Gasteiger partial charge in [0.15, 0.2) is 0 Å². The van der Waals surface area contributed by atoms with E-state index in [9.17, 15) is 0 Å². The van der Waals surface area contributed by atoms with Gasteiger partial charge in [-0.25, -0.2) is 0 Å². The molecule has 2 aromatic heterocycles. The lowest BCUT2D eigenvalue weighted by Gasteiger charge is -2.27. The summed E-state index contributed by atoms with van der Waals surface area (Å²) in [5.74, 6) is 0. The second-order valence-corrected chi connectivity index (χ2v) is 11.4. The zero-order valence-corrected chi connectivity index (χ0v) is 23.3. The molecule has 0 spiro atoms. The van der Waals surface area contributed by atoms with E-state index in [2.05, 4.69) is 160 Å². The molecule has 1 aliphatic carbocycles. The maximum absolute atomic E-state index is 3.77. The molecule has 9 aromatic rings. The maximum Gasteiger partial charge on any atom is 0.0568 e. The second-order valence-electron chi connectivity index (χ2n) is 11.4. The van der Waals surface area contributed by atoms with Crippen molar-refractivity contribution in [2.75, 3.05) is 4.90 Å². The number of hydrogen-bond acceptors (Lipinski definition) is 1. The molecule has 1 N–H and O–H groups in total. The maximum atomic E-state index is 3.77. The van der Waals surface area contributed by atoms with Crippen LogP contribution in [0, 0.1) is 0 Å². The van der Waals surface area contributed by atoms with Crippen molar-refractivity contribution in [2.24, 2.45) is 0 Å². The predicted octanol–water partition coefficient (Wildman–Crippen LogP) is 11.0. The van der Waals surface area contributed by atoms with Crippen LogP contribution in [-0.4, -0.2) is 9.55 Å². The Morgan fingerprint density at radius 3 is 1.79 bits per heavy atom. The molecule has 43 heavy (non-hydrogen) atoms. The number of nitrogens with one attached hydrogen (secondary N) is 1. The number of para-hydroxylation sites is 3. The molecule has 0 saturated carbocycles. The number of H-pyrrole nitrogens is 1. The van der Waals surface area contributed by atoms with E-state index in [4.69, 9.17) is 0 Å². The Hall–Kier alpha value is -5.80. The van der Waals surface area contributed by atoms with E-state index in [-0.39, 0.29) is 0 Å². The summed E-state index contributed by atoms with van der Waals surface area (Å²) in [6.45, 7) is 0. The van der Waals surface area contributed by atoms with Crippen LogP contribution in [-0.2, 0) is 0 Å². The van der Waals surface area contributed by atoms with Crippen molar-refractivity contribution < 1.29 is 0 Å². The average Bonchev–Trinajstić information content (AvgIpc) is 3.58. The monoisotopic (exact) mass is 547 g/mol. The van der Waals surface area contributed by atoms with Crippen LogP contribution in [0.5, 0.6) is 0 Å². The highest BCUT2D eigenvalue weighted by Crippen LogP contribution is 2.53. The summed E-state index contributed by atoms with van der Waals surface area (Å²) in [5.41, 5.74) is 12.0. The van der Waals surface area contributed by atoms with E-state index in [1.807, 2.05) is 0 Å². The Morgan fingerprint density at radius 1 is 0.442 bits per heavy atom. The number of rotatable bonds is 4. The standard InChI is InChI=1S/C40H25N3/c1-4-12-25(13-5-1)42(26-14-6-2-7-15-26)34-24-35-40-37-29(19-11-21-33(37)43(35)27-16-8-3-9-17-27)28-18-10-20-31-36(28)39-32(41-31)23-22-30(34)38(39)40/h1-24,41H. The first-order valence-electron chi connectivity index (χ1n) is 14.8. The molecule has 200 valence electrons. The molecule has 0 saturated heterocycles. The van der Waals surface area contributed by atoms with Crippen LogP contribution < -0.4 is 4.90 Å². The predicted molar refractivity (Wildman–Crippen MR) is 181 cm³/mol. The van der Waals surface area contributed by atoms with Crippen molar-refractivity contribution in [3.05, 3.63) is 146 Å². The van der Waals surface area contributed by atoms with Crippen LogP contribution in [0.1, 0.15) is 0 Å². The molecule has 10 rings (SSSR count). The first kappa shape index (κ1) is 22.8. The Labute approximate surface area is 247 Å². The first-order chi connectivity index (χ1) is 21.4. The summed E-state index contributed by atoms with van der Waals surface area (Å²) in [6.07, 6.45) is 0. The summed E-state index contributed by atoms with van der Waals surface area (Å²) in [5, 5.41) is 7.80. The van der Waals surface area contributed by atoms with Gasteiger partial charge in [0.25, 0.3) is 0 Å². The lowest BCUT2D eigenvalue weighted by molar-refractivity contribution is 1.18. The first-order valence-corrected chi connectivity index (χ1v) is 14.8. The summed E-state index contributed by atoms with van der Waals surface area (Å²) in [6, 6.07) is 52.8. The number of anilines is 3. The highest BCUT2D eigenvalue weighted by atomic mass is 15.1. The second kappa shape index (κ2) is 8.37. The molecule has 0 atom stereocenters. The normalized spacial score (nSPS) is 12.2. The van der Waals surface area contributed by atoms with Crippen LogP contribution in [0.15, 0.2) is 146 Å². The van der Waals surface area contributed by atoms with Crippen molar-refractivity contribution in [3.63, 3.8) is 0 Å². The molecule has 0 amide bonds. The zero-order valence-electron chi connectivity index (χ0n) is 23.3. The molecule has 0 aliphatic heterocycles. The number of nitrogens with zero attached hydrogens (tertiary/aromatic N) is 2. The largest absolute Gasteiger partial charge is 0.354 e. The van der Waals surface area contributed by atoms with Gasteiger partial charge in [0.1, 0.15) is 0 Å². The summed E-state index contributed by atoms with van der Waals surface area (Å²) >= 11 is 0. The fourth-order valence-electron chi connectivity index (χ4n) is 7.54. The van der Waals surface area contributed by atoms with Crippen molar-refractivity contribution >= 4 is 71.4 Å². The van der Waals surface area contributed by atoms with E-state index in [1.54, 1.807) is 0 Å².